The molecule has 0 bridgehead atoms. The molecule has 27 heavy (non-hydrogen) atoms. The fraction of sp³-hybridized carbons (Fsp3) is 0.429. The van der Waals surface area contributed by atoms with E-state index in [1.807, 2.05) is 43.3 Å². The van der Waals surface area contributed by atoms with E-state index in [0.717, 1.165) is 36.2 Å². The number of sulfonamides is 1. The number of hydrogen-bond acceptors (Lipinski definition) is 4. The fourth-order valence-electron chi connectivity index (χ4n) is 3.49. The van der Waals surface area contributed by atoms with Crippen molar-refractivity contribution in [3.63, 3.8) is 0 Å². The lowest BCUT2D eigenvalue weighted by atomic mass is 10.1. The second-order valence-electron chi connectivity index (χ2n) is 7.31. The van der Waals surface area contributed by atoms with Crippen molar-refractivity contribution in [1.82, 2.24) is 4.31 Å². The number of piperidine rings is 1. The lowest BCUT2D eigenvalue weighted by Gasteiger charge is -2.27. The van der Waals surface area contributed by atoms with E-state index in [9.17, 15) is 8.42 Å². The number of anilines is 2. The van der Waals surface area contributed by atoms with Crippen LogP contribution in [-0.2, 0) is 10.0 Å². The molecule has 6 heteroatoms. The highest BCUT2D eigenvalue weighted by Gasteiger charge is 2.27. The van der Waals surface area contributed by atoms with Crippen LogP contribution in [0.25, 0.3) is 0 Å². The van der Waals surface area contributed by atoms with Gasteiger partial charge in [0.25, 0.3) is 0 Å². The molecule has 1 heterocycles. The highest BCUT2D eigenvalue weighted by Crippen LogP contribution is 2.32. The second kappa shape index (κ2) is 8.31. The average molecular weight is 388 g/mol. The monoisotopic (exact) mass is 387 g/mol. The van der Waals surface area contributed by atoms with Gasteiger partial charge in [0.15, 0.2) is 0 Å². The molecule has 1 N–H and O–H groups in total. The number of nitrogens with zero attached hydrogens (tertiary/aromatic N) is 2. The zero-order valence-electron chi connectivity index (χ0n) is 16.4. The molecule has 0 aliphatic carbocycles. The molecule has 1 saturated heterocycles. The van der Waals surface area contributed by atoms with E-state index in [4.69, 9.17) is 0 Å². The Labute approximate surface area is 163 Å². The lowest BCUT2D eigenvalue weighted by molar-refractivity contribution is 0.346. The summed E-state index contributed by atoms with van der Waals surface area (Å²) in [6.45, 7) is 3.31. The van der Waals surface area contributed by atoms with Crippen LogP contribution in [0.1, 0.15) is 37.8 Å². The standard InChI is InChI=1S/C21H29N3O2S/c1-17(18-10-6-4-7-11-18)22-20-16-19(12-13-21(20)23(2)3)27(25,26)24-14-8-5-9-15-24/h4,6-7,10-13,16-17,22H,5,8-9,14-15H2,1-3H3. The zero-order valence-corrected chi connectivity index (χ0v) is 17.2. The van der Waals surface area contributed by atoms with Crippen LogP contribution in [0.4, 0.5) is 11.4 Å². The van der Waals surface area contributed by atoms with Crippen molar-refractivity contribution >= 4 is 21.4 Å². The molecule has 1 atom stereocenters. The molecule has 0 radical (unpaired) electrons. The van der Waals surface area contributed by atoms with Gasteiger partial charge in [0.1, 0.15) is 0 Å². The predicted molar refractivity (Wildman–Crippen MR) is 112 cm³/mol. The van der Waals surface area contributed by atoms with E-state index < -0.39 is 10.0 Å². The summed E-state index contributed by atoms with van der Waals surface area (Å²) >= 11 is 0. The third-order valence-corrected chi connectivity index (χ3v) is 6.97. The number of benzene rings is 2. The molecule has 2 aromatic carbocycles. The van der Waals surface area contributed by atoms with Crippen molar-refractivity contribution in [1.29, 1.82) is 0 Å². The fourth-order valence-corrected chi connectivity index (χ4v) is 5.04. The van der Waals surface area contributed by atoms with Crippen LogP contribution >= 0.6 is 0 Å². The minimum absolute atomic E-state index is 0.0674. The van der Waals surface area contributed by atoms with Crippen LogP contribution in [0.3, 0.4) is 0 Å². The van der Waals surface area contributed by atoms with E-state index in [1.54, 1.807) is 16.4 Å². The van der Waals surface area contributed by atoms with Gasteiger partial charge in [-0.3, -0.25) is 0 Å². The minimum Gasteiger partial charge on any atom is -0.377 e. The molecule has 0 amide bonds. The van der Waals surface area contributed by atoms with Crippen LogP contribution in [0.15, 0.2) is 53.4 Å². The van der Waals surface area contributed by atoms with Gasteiger partial charge >= 0.3 is 0 Å². The molecule has 0 spiro atoms. The van der Waals surface area contributed by atoms with Crippen LogP contribution in [0.5, 0.6) is 0 Å². The highest BCUT2D eigenvalue weighted by molar-refractivity contribution is 7.89. The van der Waals surface area contributed by atoms with Gasteiger partial charge in [0.2, 0.25) is 10.0 Å². The molecule has 3 rings (SSSR count). The van der Waals surface area contributed by atoms with Gasteiger partial charge < -0.3 is 10.2 Å². The number of hydrogen-bond donors (Lipinski definition) is 1. The summed E-state index contributed by atoms with van der Waals surface area (Å²) in [6.07, 6.45) is 2.98. The molecular formula is C21H29N3O2S. The first kappa shape index (κ1) is 19.7. The molecule has 1 unspecified atom stereocenters. The van der Waals surface area contributed by atoms with Crippen LogP contribution in [0, 0.1) is 0 Å². The van der Waals surface area contributed by atoms with Crippen molar-refractivity contribution < 1.29 is 8.42 Å². The first-order valence-electron chi connectivity index (χ1n) is 9.52. The first-order valence-corrected chi connectivity index (χ1v) is 11.0. The van der Waals surface area contributed by atoms with Gasteiger partial charge in [-0.2, -0.15) is 4.31 Å². The maximum atomic E-state index is 13.1. The number of rotatable bonds is 6. The Morgan fingerprint density at radius 1 is 1.00 bits per heavy atom. The third-order valence-electron chi connectivity index (χ3n) is 5.07. The molecule has 0 aromatic heterocycles. The lowest BCUT2D eigenvalue weighted by Crippen LogP contribution is -2.35. The Hall–Kier alpha value is -2.05. The maximum absolute atomic E-state index is 13.1. The van der Waals surface area contributed by atoms with Crippen LogP contribution in [0.2, 0.25) is 0 Å². The summed E-state index contributed by atoms with van der Waals surface area (Å²) in [4.78, 5) is 2.36. The van der Waals surface area contributed by atoms with Gasteiger partial charge in [0.05, 0.1) is 16.3 Å². The molecule has 2 aromatic rings. The summed E-state index contributed by atoms with van der Waals surface area (Å²) in [5.74, 6) is 0. The summed E-state index contributed by atoms with van der Waals surface area (Å²) < 4.78 is 27.7. The van der Waals surface area contributed by atoms with E-state index in [2.05, 4.69) is 24.4 Å². The molecule has 1 fully saturated rings. The van der Waals surface area contributed by atoms with E-state index >= 15 is 0 Å². The molecular weight excluding hydrogens is 358 g/mol. The molecule has 1 aliphatic heterocycles. The van der Waals surface area contributed by atoms with Gasteiger partial charge in [-0.15, -0.1) is 0 Å². The normalized spacial score (nSPS) is 16.7. The van der Waals surface area contributed by atoms with Gasteiger partial charge in [-0.25, -0.2) is 8.42 Å². The average Bonchev–Trinajstić information content (AvgIpc) is 2.69. The van der Waals surface area contributed by atoms with E-state index in [-0.39, 0.29) is 6.04 Å². The molecule has 0 saturated carbocycles. The minimum atomic E-state index is -3.45. The SMILES string of the molecule is CC(Nc1cc(S(=O)(=O)N2CCCCC2)ccc1N(C)C)c1ccccc1. The summed E-state index contributed by atoms with van der Waals surface area (Å²) in [5, 5.41) is 3.50. The molecule has 146 valence electrons. The Kier molecular flexibility index (Phi) is 6.07. The van der Waals surface area contributed by atoms with Gasteiger partial charge in [-0.1, -0.05) is 36.8 Å². The van der Waals surface area contributed by atoms with Crippen molar-refractivity contribution in [3.8, 4) is 0 Å². The van der Waals surface area contributed by atoms with Crippen LogP contribution < -0.4 is 10.2 Å². The van der Waals surface area contributed by atoms with Gasteiger partial charge in [0, 0.05) is 33.2 Å². The smallest absolute Gasteiger partial charge is 0.243 e. The molecule has 5 nitrogen and oxygen atoms in total. The Bertz CT molecular complexity index is 860. The van der Waals surface area contributed by atoms with Crippen molar-refractivity contribution in [2.75, 3.05) is 37.4 Å². The Morgan fingerprint density at radius 2 is 1.67 bits per heavy atom. The highest BCUT2D eigenvalue weighted by atomic mass is 32.2. The Morgan fingerprint density at radius 3 is 2.30 bits per heavy atom. The summed E-state index contributed by atoms with van der Waals surface area (Å²) in [7, 11) is 0.477. The molecule has 1 aliphatic rings. The Balaban J connectivity index is 1.93. The third kappa shape index (κ3) is 4.45. The largest absolute Gasteiger partial charge is 0.377 e. The maximum Gasteiger partial charge on any atom is 0.243 e. The van der Waals surface area contributed by atoms with Crippen molar-refractivity contribution in [3.05, 3.63) is 54.1 Å². The van der Waals surface area contributed by atoms with Crippen molar-refractivity contribution in [2.24, 2.45) is 0 Å². The second-order valence-corrected chi connectivity index (χ2v) is 9.25. The van der Waals surface area contributed by atoms with E-state index in [1.165, 1.54) is 0 Å². The topological polar surface area (TPSA) is 52.7 Å². The first-order chi connectivity index (χ1) is 12.9. The van der Waals surface area contributed by atoms with Crippen LogP contribution in [-0.4, -0.2) is 39.9 Å². The predicted octanol–water partition coefficient (Wildman–Crippen LogP) is 4.10. The van der Waals surface area contributed by atoms with Crippen molar-refractivity contribution in [2.45, 2.75) is 37.1 Å². The quantitative estimate of drug-likeness (QED) is 0.811. The summed E-state index contributed by atoms with van der Waals surface area (Å²) in [6, 6.07) is 15.6. The number of nitrogens with one attached hydrogen (secondary N) is 1. The summed E-state index contributed by atoms with van der Waals surface area (Å²) in [5.41, 5.74) is 2.95. The van der Waals surface area contributed by atoms with E-state index in [0.29, 0.717) is 18.0 Å². The zero-order chi connectivity index (χ0) is 19.4. The van der Waals surface area contributed by atoms with Gasteiger partial charge in [-0.05, 0) is 43.5 Å².